The van der Waals surface area contributed by atoms with E-state index in [1.165, 1.54) is 55.1 Å². The van der Waals surface area contributed by atoms with Gasteiger partial charge in [0.1, 0.15) is 0 Å². The van der Waals surface area contributed by atoms with Crippen molar-refractivity contribution in [2.75, 3.05) is 26.2 Å². The maximum absolute atomic E-state index is 3.57. The minimum atomic E-state index is 1.00. The Bertz CT molecular complexity index is 353. The predicted octanol–water partition coefficient (Wildman–Crippen LogP) is 3.66. The molecule has 3 heteroatoms. The molecule has 108 valence electrons. The van der Waals surface area contributed by atoms with Gasteiger partial charge in [-0.15, -0.1) is 11.3 Å². The van der Waals surface area contributed by atoms with Crippen molar-refractivity contribution in [3.05, 3.63) is 21.9 Å². The Morgan fingerprint density at radius 1 is 1.32 bits per heavy atom. The first-order valence-electron chi connectivity index (χ1n) is 7.76. The van der Waals surface area contributed by atoms with Crippen LogP contribution < -0.4 is 5.32 Å². The molecule has 1 N–H and O–H groups in total. The summed E-state index contributed by atoms with van der Waals surface area (Å²) < 4.78 is 0. The second kappa shape index (κ2) is 8.03. The number of likely N-dealkylation sites (tertiary alicyclic amines) is 1. The summed E-state index contributed by atoms with van der Waals surface area (Å²) in [7, 11) is 0. The number of piperidine rings is 1. The van der Waals surface area contributed by atoms with Crippen LogP contribution in [0.5, 0.6) is 0 Å². The van der Waals surface area contributed by atoms with Crippen LogP contribution in [0.25, 0.3) is 0 Å². The lowest BCUT2D eigenvalue weighted by Crippen LogP contribution is -2.38. The molecule has 1 aromatic heterocycles. The molecule has 1 fully saturated rings. The Balaban J connectivity index is 1.54. The molecule has 1 aliphatic rings. The zero-order chi connectivity index (χ0) is 13.5. The molecule has 19 heavy (non-hydrogen) atoms. The fourth-order valence-electron chi connectivity index (χ4n) is 2.94. The van der Waals surface area contributed by atoms with Gasteiger partial charge in [0.25, 0.3) is 0 Å². The minimum absolute atomic E-state index is 1.00. The number of aryl methyl sites for hydroxylation is 1. The lowest BCUT2D eigenvalue weighted by atomic mass is 9.92. The first kappa shape index (κ1) is 15.0. The van der Waals surface area contributed by atoms with E-state index in [-0.39, 0.29) is 0 Å². The second-order valence-electron chi connectivity index (χ2n) is 5.76. The topological polar surface area (TPSA) is 15.3 Å². The maximum Gasteiger partial charge on any atom is 0.0300 e. The summed E-state index contributed by atoms with van der Waals surface area (Å²) in [5.41, 5.74) is 0. The van der Waals surface area contributed by atoms with E-state index in [2.05, 4.69) is 36.2 Å². The van der Waals surface area contributed by atoms with Crippen LogP contribution in [-0.4, -0.2) is 31.1 Å². The summed E-state index contributed by atoms with van der Waals surface area (Å²) in [6.45, 7) is 10.5. The highest BCUT2D eigenvalue weighted by Gasteiger charge is 2.17. The molecule has 1 saturated heterocycles. The number of nitrogens with zero attached hydrogens (tertiary/aromatic N) is 1. The molecule has 2 rings (SSSR count). The van der Waals surface area contributed by atoms with Gasteiger partial charge in [0.15, 0.2) is 0 Å². The number of thiophene rings is 1. The number of rotatable bonds is 7. The quantitative estimate of drug-likeness (QED) is 0.767. The molecule has 1 aliphatic heterocycles. The van der Waals surface area contributed by atoms with Crippen molar-refractivity contribution in [3.63, 3.8) is 0 Å². The fourth-order valence-corrected chi connectivity index (χ4v) is 3.80. The van der Waals surface area contributed by atoms with E-state index >= 15 is 0 Å². The van der Waals surface area contributed by atoms with E-state index in [0.717, 1.165) is 19.0 Å². The summed E-state index contributed by atoms with van der Waals surface area (Å²) >= 11 is 1.90. The van der Waals surface area contributed by atoms with Gasteiger partial charge in [-0.25, -0.2) is 0 Å². The summed E-state index contributed by atoms with van der Waals surface area (Å²) in [6.07, 6.45) is 5.62. The highest BCUT2D eigenvalue weighted by Crippen LogP contribution is 2.21. The molecular weight excluding hydrogens is 252 g/mol. The molecular formula is C16H28N2S. The van der Waals surface area contributed by atoms with Crippen molar-refractivity contribution in [2.24, 2.45) is 5.92 Å². The van der Waals surface area contributed by atoms with Gasteiger partial charge in [-0.3, -0.25) is 0 Å². The van der Waals surface area contributed by atoms with Crippen molar-refractivity contribution < 1.29 is 0 Å². The monoisotopic (exact) mass is 280 g/mol. The van der Waals surface area contributed by atoms with Gasteiger partial charge < -0.3 is 10.2 Å². The van der Waals surface area contributed by atoms with E-state index in [0.29, 0.717) is 0 Å². The lowest BCUT2D eigenvalue weighted by molar-refractivity contribution is 0.179. The van der Waals surface area contributed by atoms with Crippen molar-refractivity contribution in [1.29, 1.82) is 0 Å². The molecule has 2 nitrogen and oxygen atoms in total. The second-order valence-corrected chi connectivity index (χ2v) is 7.14. The molecule has 0 bridgehead atoms. The summed E-state index contributed by atoms with van der Waals surface area (Å²) in [5, 5.41) is 3.57. The summed E-state index contributed by atoms with van der Waals surface area (Å²) in [5.74, 6) is 1.00. The average Bonchev–Trinajstić information content (AvgIpc) is 2.83. The fraction of sp³-hybridized carbons (Fsp3) is 0.750. The number of hydrogen-bond donors (Lipinski definition) is 1. The largest absolute Gasteiger partial charge is 0.311 e. The highest BCUT2D eigenvalue weighted by atomic mass is 32.1. The summed E-state index contributed by atoms with van der Waals surface area (Å²) in [4.78, 5) is 5.49. The minimum Gasteiger partial charge on any atom is -0.311 e. The molecule has 0 radical (unpaired) electrons. The highest BCUT2D eigenvalue weighted by molar-refractivity contribution is 7.11. The lowest BCUT2D eigenvalue weighted by Gasteiger charge is -2.31. The molecule has 1 aromatic rings. The van der Waals surface area contributed by atoms with Crippen LogP contribution in [0.15, 0.2) is 12.1 Å². The van der Waals surface area contributed by atoms with Gasteiger partial charge in [0.2, 0.25) is 0 Å². The average molecular weight is 280 g/mol. The Hall–Kier alpha value is -0.380. The zero-order valence-corrected chi connectivity index (χ0v) is 13.3. The van der Waals surface area contributed by atoms with Gasteiger partial charge in [0, 0.05) is 29.4 Å². The van der Waals surface area contributed by atoms with E-state index in [9.17, 15) is 0 Å². The van der Waals surface area contributed by atoms with Gasteiger partial charge in [0.05, 0.1) is 0 Å². The third-order valence-corrected chi connectivity index (χ3v) is 5.10. The third-order valence-electron chi connectivity index (χ3n) is 4.10. The molecule has 0 aliphatic carbocycles. The van der Waals surface area contributed by atoms with Crippen LogP contribution in [0.4, 0.5) is 0 Å². The Labute approximate surface area is 122 Å². The smallest absolute Gasteiger partial charge is 0.0300 e. The normalized spacial score (nSPS) is 18.0. The molecule has 2 heterocycles. The van der Waals surface area contributed by atoms with Crippen molar-refractivity contribution in [1.82, 2.24) is 10.2 Å². The number of nitrogens with one attached hydrogen (secondary N) is 1. The van der Waals surface area contributed by atoms with Gasteiger partial charge >= 0.3 is 0 Å². The molecule has 0 unspecified atom stereocenters. The molecule has 0 atom stereocenters. The standard InChI is InChI=1S/C16H28N2S/c1-3-4-15-7-10-18(11-8-15)12-9-17-13-16-6-5-14(2)19-16/h5-6,15,17H,3-4,7-13H2,1-2H3. The zero-order valence-electron chi connectivity index (χ0n) is 12.5. The predicted molar refractivity (Wildman–Crippen MR) is 84.8 cm³/mol. The van der Waals surface area contributed by atoms with Crippen LogP contribution in [0.2, 0.25) is 0 Å². The van der Waals surface area contributed by atoms with Gasteiger partial charge in [-0.1, -0.05) is 19.8 Å². The Morgan fingerprint density at radius 2 is 2.11 bits per heavy atom. The van der Waals surface area contributed by atoms with Crippen molar-refractivity contribution >= 4 is 11.3 Å². The van der Waals surface area contributed by atoms with E-state index < -0.39 is 0 Å². The van der Waals surface area contributed by atoms with Crippen molar-refractivity contribution in [3.8, 4) is 0 Å². The van der Waals surface area contributed by atoms with E-state index in [1.807, 2.05) is 11.3 Å². The first-order chi connectivity index (χ1) is 9.28. The molecule has 0 spiro atoms. The van der Waals surface area contributed by atoms with Gasteiger partial charge in [-0.05, 0) is 50.9 Å². The third kappa shape index (κ3) is 5.25. The van der Waals surface area contributed by atoms with E-state index in [4.69, 9.17) is 0 Å². The van der Waals surface area contributed by atoms with Crippen LogP contribution in [0.3, 0.4) is 0 Å². The maximum atomic E-state index is 3.57. The molecule has 0 aromatic carbocycles. The van der Waals surface area contributed by atoms with Crippen LogP contribution >= 0.6 is 11.3 Å². The number of hydrogen-bond acceptors (Lipinski definition) is 3. The Morgan fingerprint density at radius 3 is 2.74 bits per heavy atom. The van der Waals surface area contributed by atoms with E-state index in [1.54, 1.807) is 0 Å². The molecule has 0 amide bonds. The molecule has 0 saturated carbocycles. The Kier molecular flexibility index (Phi) is 6.35. The van der Waals surface area contributed by atoms with Crippen LogP contribution in [0.1, 0.15) is 42.4 Å². The SMILES string of the molecule is CCCC1CCN(CCNCc2ccc(C)s2)CC1. The van der Waals surface area contributed by atoms with Crippen molar-refractivity contribution in [2.45, 2.75) is 46.1 Å². The van der Waals surface area contributed by atoms with Crippen LogP contribution in [-0.2, 0) is 6.54 Å². The van der Waals surface area contributed by atoms with Crippen LogP contribution in [0, 0.1) is 12.8 Å². The first-order valence-corrected chi connectivity index (χ1v) is 8.58. The van der Waals surface area contributed by atoms with Gasteiger partial charge in [-0.2, -0.15) is 0 Å². The summed E-state index contributed by atoms with van der Waals surface area (Å²) in [6, 6.07) is 4.45.